The molecule has 0 aromatic carbocycles. The number of hydrogen-bond donors (Lipinski definition) is 2. The van der Waals surface area contributed by atoms with Crippen LogP contribution in [0, 0.1) is 0 Å². The van der Waals surface area contributed by atoms with Crippen molar-refractivity contribution in [3.8, 4) is 0 Å². The van der Waals surface area contributed by atoms with Gasteiger partial charge in [0.2, 0.25) is 0 Å². The number of likely N-dealkylation sites (tertiary alicyclic amines) is 1. The Kier molecular flexibility index (Phi) is 4.06. The number of nitrogen functional groups attached to an aromatic ring is 1. The molecule has 1 saturated heterocycles. The van der Waals surface area contributed by atoms with Gasteiger partial charge in [-0.1, -0.05) is 18.3 Å². The molecule has 1 fully saturated rings. The minimum absolute atomic E-state index is 0.0399. The zero-order valence-electron chi connectivity index (χ0n) is 10.9. The zero-order chi connectivity index (χ0) is 13.1. The number of thiazole rings is 1. The summed E-state index contributed by atoms with van der Waals surface area (Å²) < 4.78 is 0. The van der Waals surface area contributed by atoms with Crippen molar-refractivity contribution in [2.75, 3.05) is 24.6 Å². The highest BCUT2D eigenvalue weighted by molar-refractivity contribution is 7.18. The highest BCUT2D eigenvalue weighted by Crippen LogP contribution is 2.29. The third-order valence-corrected chi connectivity index (χ3v) is 4.50. The molecule has 0 spiro atoms. The summed E-state index contributed by atoms with van der Waals surface area (Å²) in [5.41, 5.74) is 5.82. The molecule has 1 aromatic heterocycles. The predicted octanol–water partition coefficient (Wildman–Crippen LogP) is 2.17. The Hall–Kier alpha value is -1.30. The number of piperidine rings is 1. The summed E-state index contributed by atoms with van der Waals surface area (Å²) in [5, 5.41) is 3.62. The molecule has 6 heteroatoms. The van der Waals surface area contributed by atoms with E-state index in [4.69, 9.17) is 5.73 Å². The molecule has 3 N–H and O–H groups in total. The second kappa shape index (κ2) is 5.56. The summed E-state index contributed by atoms with van der Waals surface area (Å²) in [4.78, 5) is 19.2. The molecule has 0 saturated carbocycles. The maximum absolute atomic E-state index is 12.5. The smallest absolute Gasteiger partial charge is 0.268 e. The lowest BCUT2D eigenvalue weighted by Crippen LogP contribution is -2.43. The number of carbonyl (C=O) groups excluding carboxylic acids is 1. The average Bonchev–Trinajstić information content (AvgIpc) is 2.79. The molecule has 0 aliphatic carbocycles. The van der Waals surface area contributed by atoms with Crippen LogP contribution in [0.1, 0.15) is 42.3 Å². The summed E-state index contributed by atoms with van der Waals surface area (Å²) >= 11 is 1.34. The van der Waals surface area contributed by atoms with Crippen LogP contribution in [0.15, 0.2) is 0 Å². The van der Waals surface area contributed by atoms with Gasteiger partial charge in [-0.2, -0.15) is 0 Å². The molecular formula is C12H20N4OS. The number of rotatable bonds is 3. The highest BCUT2D eigenvalue weighted by Gasteiger charge is 2.29. The normalized spacial score (nSPS) is 19.9. The Bertz CT molecular complexity index is 432. The van der Waals surface area contributed by atoms with E-state index in [9.17, 15) is 4.79 Å². The highest BCUT2D eigenvalue weighted by atomic mass is 32.1. The number of anilines is 2. The number of hydrogen-bond acceptors (Lipinski definition) is 5. The SMILES string of the molecule is CCC1CCCCN1C(=O)c1sc(NC)nc1N. The van der Waals surface area contributed by atoms with Crippen molar-refractivity contribution in [1.29, 1.82) is 0 Å². The molecule has 1 atom stereocenters. The van der Waals surface area contributed by atoms with Crippen molar-refractivity contribution >= 4 is 28.2 Å². The van der Waals surface area contributed by atoms with Gasteiger partial charge in [-0.05, 0) is 25.7 Å². The minimum Gasteiger partial charge on any atom is -0.382 e. The van der Waals surface area contributed by atoms with E-state index in [0.717, 1.165) is 25.8 Å². The third-order valence-electron chi connectivity index (χ3n) is 3.42. The summed E-state index contributed by atoms with van der Waals surface area (Å²) in [5.74, 6) is 0.382. The van der Waals surface area contributed by atoms with Gasteiger partial charge in [0.1, 0.15) is 10.7 Å². The van der Waals surface area contributed by atoms with E-state index in [1.165, 1.54) is 17.8 Å². The van der Waals surface area contributed by atoms with E-state index in [1.54, 1.807) is 7.05 Å². The molecule has 1 aromatic rings. The summed E-state index contributed by atoms with van der Waals surface area (Å²) in [6.07, 6.45) is 4.39. The lowest BCUT2D eigenvalue weighted by molar-refractivity contribution is 0.0614. The van der Waals surface area contributed by atoms with E-state index in [-0.39, 0.29) is 5.91 Å². The first-order valence-corrected chi connectivity index (χ1v) is 7.24. The topological polar surface area (TPSA) is 71.2 Å². The van der Waals surface area contributed by atoms with Gasteiger partial charge >= 0.3 is 0 Å². The molecule has 0 bridgehead atoms. The van der Waals surface area contributed by atoms with Crippen LogP contribution in [-0.2, 0) is 0 Å². The maximum Gasteiger partial charge on any atom is 0.268 e. The number of aromatic nitrogens is 1. The van der Waals surface area contributed by atoms with Gasteiger partial charge in [0.05, 0.1) is 0 Å². The zero-order valence-corrected chi connectivity index (χ0v) is 11.7. The number of nitrogens with two attached hydrogens (primary N) is 1. The second-order valence-electron chi connectivity index (χ2n) is 4.54. The number of amides is 1. The van der Waals surface area contributed by atoms with Gasteiger partial charge in [-0.15, -0.1) is 0 Å². The average molecular weight is 268 g/mol. The fourth-order valence-corrected chi connectivity index (χ4v) is 3.21. The van der Waals surface area contributed by atoms with Gasteiger partial charge in [0.25, 0.3) is 5.91 Å². The first-order chi connectivity index (χ1) is 8.67. The molecule has 18 heavy (non-hydrogen) atoms. The van der Waals surface area contributed by atoms with E-state index in [0.29, 0.717) is 21.9 Å². The van der Waals surface area contributed by atoms with Crippen LogP contribution in [0.2, 0.25) is 0 Å². The Balaban J connectivity index is 2.20. The van der Waals surface area contributed by atoms with Crippen LogP contribution in [0.3, 0.4) is 0 Å². The molecule has 100 valence electrons. The predicted molar refractivity (Wildman–Crippen MR) is 75.0 cm³/mol. The van der Waals surface area contributed by atoms with Gasteiger partial charge in [0, 0.05) is 19.6 Å². The van der Waals surface area contributed by atoms with Crippen molar-refractivity contribution in [3.63, 3.8) is 0 Å². The first-order valence-electron chi connectivity index (χ1n) is 6.42. The van der Waals surface area contributed by atoms with Crippen molar-refractivity contribution in [2.45, 2.75) is 38.6 Å². The van der Waals surface area contributed by atoms with E-state index in [2.05, 4.69) is 17.2 Å². The fourth-order valence-electron chi connectivity index (χ4n) is 2.41. The molecule has 0 radical (unpaired) electrons. The summed E-state index contributed by atoms with van der Waals surface area (Å²) in [7, 11) is 1.78. The molecule has 5 nitrogen and oxygen atoms in total. The monoisotopic (exact) mass is 268 g/mol. The molecule has 2 rings (SSSR count). The van der Waals surface area contributed by atoms with Gasteiger partial charge in [-0.3, -0.25) is 4.79 Å². The van der Waals surface area contributed by atoms with Crippen LogP contribution in [0.25, 0.3) is 0 Å². The molecule has 1 amide bonds. The third kappa shape index (κ3) is 2.43. The van der Waals surface area contributed by atoms with Gasteiger partial charge in [0.15, 0.2) is 5.13 Å². The standard InChI is InChI=1S/C12H20N4OS/c1-3-8-6-4-5-7-16(8)11(17)9-10(13)15-12(14-2)18-9/h8H,3-7,13H2,1-2H3,(H,14,15). The Morgan fingerprint density at radius 1 is 1.61 bits per heavy atom. The van der Waals surface area contributed by atoms with Crippen molar-refractivity contribution < 1.29 is 4.79 Å². The number of carbonyl (C=O) groups is 1. The van der Waals surface area contributed by atoms with Crippen molar-refractivity contribution in [1.82, 2.24) is 9.88 Å². The van der Waals surface area contributed by atoms with Crippen LogP contribution in [0.5, 0.6) is 0 Å². The quantitative estimate of drug-likeness (QED) is 0.881. The van der Waals surface area contributed by atoms with Gasteiger partial charge < -0.3 is 16.0 Å². The largest absolute Gasteiger partial charge is 0.382 e. The van der Waals surface area contributed by atoms with Crippen LogP contribution in [0.4, 0.5) is 10.9 Å². The van der Waals surface area contributed by atoms with Crippen LogP contribution >= 0.6 is 11.3 Å². The summed E-state index contributed by atoms with van der Waals surface area (Å²) in [6, 6.07) is 0.353. The van der Waals surface area contributed by atoms with E-state index in [1.807, 2.05) is 4.90 Å². The second-order valence-corrected chi connectivity index (χ2v) is 5.54. The van der Waals surface area contributed by atoms with E-state index >= 15 is 0 Å². The molecule has 1 unspecified atom stereocenters. The van der Waals surface area contributed by atoms with Gasteiger partial charge in [-0.25, -0.2) is 4.98 Å². The first kappa shape index (κ1) is 13.1. The number of nitrogens with zero attached hydrogens (tertiary/aromatic N) is 2. The van der Waals surface area contributed by atoms with E-state index < -0.39 is 0 Å². The maximum atomic E-state index is 12.5. The van der Waals surface area contributed by atoms with Crippen LogP contribution in [-0.4, -0.2) is 35.4 Å². The molecule has 1 aliphatic heterocycles. The Labute approximate surface area is 111 Å². The van der Waals surface area contributed by atoms with Crippen LogP contribution < -0.4 is 11.1 Å². The minimum atomic E-state index is 0.0399. The lowest BCUT2D eigenvalue weighted by atomic mass is 10.00. The molecule has 1 aliphatic rings. The summed E-state index contributed by atoms with van der Waals surface area (Å²) in [6.45, 7) is 2.97. The lowest BCUT2D eigenvalue weighted by Gasteiger charge is -2.34. The number of nitrogens with one attached hydrogen (secondary N) is 1. The van der Waals surface area contributed by atoms with Crippen molar-refractivity contribution in [2.24, 2.45) is 0 Å². The molecular weight excluding hydrogens is 248 g/mol. The van der Waals surface area contributed by atoms with Crippen molar-refractivity contribution in [3.05, 3.63) is 4.88 Å². The molecule has 2 heterocycles. The Morgan fingerprint density at radius 2 is 2.39 bits per heavy atom. The Morgan fingerprint density at radius 3 is 3.00 bits per heavy atom. The fraction of sp³-hybridized carbons (Fsp3) is 0.667.